The summed E-state index contributed by atoms with van der Waals surface area (Å²) in [7, 11) is 0. The summed E-state index contributed by atoms with van der Waals surface area (Å²) in [6.45, 7) is -0.481. The lowest BCUT2D eigenvalue weighted by atomic mass is 10.2. The molecule has 0 saturated heterocycles. The molecule has 0 atom stereocenters. The molecule has 0 bridgehead atoms. The number of rotatable bonds is 6. The third-order valence-electron chi connectivity index (χ3n) is 3.72. The largest absolute Gasteiger partial charge is 0.483 e. The summed E-state index contributed by atoms with van der Waals surface area (Å²) in [5.74, 6) is -2.36. The number of carbonyl (C=O) groups is 2. The number of hydrogen-bond acceptors (Lipinski definition) is 3. The van der Waals surface area contributed by atoms with E-state index in [2.05, 4.69) is 10.6 Å². The summed E-state index contributed by atoms with van der Waals surface area (Å²) < 4.78 is 32.2. The Morgan fingerprint density at radius 2 is 1.57 bits per heavy atom. The molecule has 2 N–H and O–H groups in total. The fourth-order valence-corrected chi connectivity index (χ4v) is 2.42. The highest BCUT2D eigenvalue weighted by molar-refractivity contribution is 6.06. The van der Waals surface area contributed by atoms with Crippen LogP contribution in [0.3, 0.4) is 0 Å². The van der Waals surface area contributed by atoms with Crippen molar-refractivity contribution in [1.29, 1.82) is 0 Å². The number of ether oxygens (including phenoxy) is 1. The van der Waals surface area contributed by atoms with Crippen LogP contribution in [0.25, 0.3) is 0 Å². The predicted octanol–water partition coefficient (Wildman–Crippen LogP) is 4.23. The van der Waals surface area contributed by atoms with E-state index in [1.54, 1.807) is 42.5 Å². The molecule has 0 heterocycles. The molecule has 3 aromatic rings. The SMILES string of the molecule is O=C(COc1ccccc1C(=O)Nc1ccccc1)Nc1cc(F)ccc1F. The topological polar surface area (TPSA) is 67.4 Å². The number of benzene rings is 3. The van der Waals surface area contributed by atoms with E-state index in [4.69, 9.17) is 4.74 Å². The first kappa shape index (κ1) is 19.0. The van der Waals surface area contributed by atoms with E-state index in [0.717, 1.165) is 18.2 Å². The van der Waals surface area contributed by atoms with Gasteiger partial charge in [-0.05, 0) is 36.4 Å². The van der Waals surface area contributed by atoms with Gasteiger partial charge < -0.3 is 15.4 Å². The quantitative estimate of drug-likeness (QED) is 0.670. The zero-order valence-electron chi connectivity index (χ0n) is 14.6. The van der Waals surface area contributed by atoms with E-state index >= 15 is 0 Å². The molecule has 28 heavy (non-hydrogen) atoms. The first-order valence-electron chi connectivity index (χ1n) is 8.36. The summed E-state index contributed by atoms with van der Waals surface area (Å²) in [5, 5.41) is 4.96. The average molecular weight is 382 g/mol. The van der Waals surface area contributed by atoms with Crippen molar-refractivity contribution in [2.75, 3.05) is 17.2 Å². The molecule has 0 aliphatic heterocycles. The maximum absolute atomic E-state index is 13.6. The van der Waals surface area contributed by atoms with Crippen molar-refractivity contribution < 1.29 is 23.1 Å². The number of amides is 2. The molecule has 5 nitrogen and oxygen atoms in total. The van der Waals surface area contributed by atoms with Gasteiger partial charge in [-0.3, -0.25) is 9.59 Å². The Morgan fingerprint density at radius 3 is 2.36 bits per heavy atom. The van der Waals surface area contributed by atoms with E-state index in [-0.39, 0.29) is 17.0 Å². The van der Waals surface area contributed by atoms with Gasteiger partial charge in [0.1, 0.15) is 17.4 Å². The first-order chi connectivity index (χ1) is 13.5. The van der Waals surface area contributed by atoms with Crippen LogP contribution in [-0.2, 0) is 4.79 Å². The molecule has 0 aliphatic rings. The van der Waals surface area contributed by atoms with E-state index < -0.39 is 30.1 Å². The highest BCUT2D eigenvalue weighted by Crippen LogP contribution is 2.20. The van der Waals surface area contributed by atoms with Crippen LogP contribution in [0.2, 0.25) is 0 Å². The van der Waals surface area contributed by atoms with Gasteiger partial charge in [0.05, 0.1) is 11.3 Å². The molecule has 0 saturated carbocycles. The lowest BCUT2D eigenvalue weighted by Crippen LogP contribution is -2.22. The second-order valence-electron chi connectivity index (χ2n) is 5.78. The number of para-hydroxylation sites is 2. The van der Waals surface area contributed by atoms with Crippen molar-refractivity contribution in [2.45, 2.75) is 0 Å². The van der Waals surface area contributed by atoms with E-state index in [0.29, 0.717) is 5.69 Å². The number of nitrogens with one attached hydrogen (secondary N) is 2. The smallest absolute Gasteiger partial charge is 0.262 e. The summed E-state index contributed by atoms with van der Waals surface area (Å²) in [6, 6.07) is 18.0. The Balaban J connectivity index is 1.65. The zero-order valence-corrected chi connectivity index (χ0v) is 14.6. The van der Waals surface area contributed by atoms with Crippen molar-refractivity contribution in [3.05, 3.63) is 90.0 Å². The second-order valence-corrected chi connectivity index (χ2v) is 5.78. The van der Waals surface area contributed by atoms with Crippen molar-refractivity contribution in [2.24, 2.45) is 0 Å². The highest BCUT2D eigenvalue weighted by atomic mass is 19.1. The van der Waals surface area contributed by atoms with Crippen LogP contribution in [0.15, 0.2) is 72.8 Å². The molecule has 0 radical (unpaired) electrons. The third kappa shape index (κ3) is 4.91. The normalized spacial score (nSPS) is 10.2. The van der Waals surface area contributed by atoms with Gasteiger partial charge in [-0.15, -0.1) is 0 Å². The Labute approximate surface area is 160 Å². The van der Waals surface area contributed by atoms with Crippen LogP contribution in [0.5, 0.6) is 5.75 Å². The monoisotopic (exact) mass is 382 g/mol. The van der Waals surface area contributed by atoms with E-state index in [9.17, 15) is 18.4 Å². The molecule has 0 fully saturated rings. The van der Waals surface area contributed by atoms with Crippen molar-refractivity contribution in [3.63, 3.8) is 0 Å². The van der Waals surface area contributed by atoms with Gasteiger partial charge in [-0.25, -0.2) is 8.78 Å². The van der Waals surface area contributed by atoms with Gasteiger partial charge >= 0.3 is 0 Å². The molecular formula is C21H16F2N2O3. The molecule has 0 spiro atoms. The van der Waals surface area contributed by atoms with Crippen molar-refractivity contribution >= 4 is 23.2 Å². The summed E-state index contributed by atoms with van der Waals surface area (Å²) in [5.41, 5.74) is 0.557. The molecule has 3 aromatic carbocycles. The molecule has 142 valence electrons. The van der Waals surface area contributed by atoms with Crippen LogP contribution in [0.4, 0.5) is 20.2 Å². The minimum absolute atomic E-state index is 0.186. The lowest BCUT2D eigenvalue weighted by molar-refractivity contribution is -0.118. The van der Waals surface area contributed by atoms with Crippen LogP contribution < -0.4 is 15.4 Å². The number of hydrogen-bond donors (Lipinski definition) is 2. The molecule has 2 amide bonds. The van der Waals surface area contributed by atoms with Crippen molar-refractivity contribution in [3.8, 4) is 5.75 Å². The minimum Gasteiger partial charge on any atom is -0.483 e. The van der Waals surface area contributed by atoms with Gasteiger partial charge in [0, 0.05) is 11.8 Å². The Hall–Kier alpha value is -3.74. The molecule has 3 rings (SSSR count). The summed E-state index contributed by atoms with van der Waals surface area (Å²) in [6.07, 6.45) is 0. The van der Waals surface area contributed by atoms with E-state index in [1.165, 1.54) is 6.07 Å². The molecule has 0 aliphatic carbocycles. The van der Waals surface area contributed by atoms with Gasteiger partial charge in [0.25, 0.3) is 11.8 Å². The van der Waals surface area contributed by atoms with Crippen LogP contribution in [-0.4, -0.2) is 18.4 Å². The fourth-order valence-electron chi connectivity index (χ4n) is 2.42. The van der Waals surface area contributed by atoms with Gasteiger partial charge in [0.2, 0.25) is 0 Å². The first-order valence-corrected chi connectivity index (χ1v) is 8.36. The van der Waals surface area contributed by atoms with Crippen LogP contribution in [0.1, 0.15) is 10.4 Å². The minimum atomic E-state index is -0.766. The standard InChI is InChI=1S/C21H16F2N2O3/c22-14-10-11-17(23)18(12-14)25-20(26)13-28-19-9-5-4-8-16(19)21(27)24-15-6-2-1-3-7-15/h1-12H,13H2,(H,24,27)(H,25,26). The Bertz CT molecular complexity index is 994. The molecule has 0 unspecified atom stereocenters. The zero-order chi connectivity index (χ0) is 19.9. The maximum Gasteiger partial charge on any atom is 0.262 e. The van der Waals surface area contributed by atoms with Crippen LogP contribution >= 0.6 is 0 Å². The van der Waals surface area contributed by atoms with E-state index in [1.807, 2.05) is 6.07 Å². The average Bonchev–Trinajstić information content (AvgIpc) is 2.70. The van der Waals surface area contributed by atoms with Crippen LogP contribution in [0, 0.1) is 11.6 Å². The highest BCUT2D eigenvalue weighted by Gasteiger charge is 2.14. The van der Waals surface area contributed by atoms with Gasteiger partial charge in [-0.1, -0.05) is 30.3 Å². The predicted molar refractivity (Wildman–Crippen MR) is 101 cm³/mol. The summed E-state index contributed by atoms with van der Waals surface area (Å²) in [4.78, 5) is 24.5. The number of carbonyl (C=O) groups excluding carboxylic acids is 2. The van der Waals surface area contributed by atoms with Crippen molar-refractivity contribution in [1.82, 2.24) is 0 Å². The fraction of sp³-hybridized carbons (Fsp3) is 0.0476. The third-order valence-corrected chi connectivity index (χ3v) is 3.72. The molecule has 0 aromatic heterocycles. The Kier molecular flexibility index (Phi) is 5.96. The molecule has 7 heteroatoms. The lowest BCUT2D eigenvalue weighted by Gasteiger charge is -2.12. The number of anilines is 2. The van der Waals surface area contributed by atoms with Gasteiger partial charge in [0.15, 0.2) is 6.61 Å². The molecular weight excluding hydrogens is 366 g/mol. The summed E-state index contributed by atoms with van der Waals surface area (Å²) >= 11 is 0. The maximum atomic E-state index is 13.6. The Morgan fingerprint density at radius 1 is 0.857 bits per heavy atom. The second kappa shape index (κ2) is 8.77. The van der Waals surface area contributed by atoms with Gasteiger partial charge in [-0.2, -0.15) is 0 Å². The number of halogens is 2.